The first-order valence-electron chi connectivity index (χ1n) is 13.2. The van der Waals surface area contributed by atoms with Gasteiger partial charge in [0.1, 0.15) is 12.6 Å². The van der Waals surface area contributed by atoms with Crippen LogP contribution in [0.15, 0.2) is 66.7 Å². The first-order valence-corrected chi connectivity index (χ1v) is 16.2. The van der Waals surface area contributed by atoms with Crippen LogP contribution < -0.4 is 9.62 Å². The van der Waals surface area contributed by atoms with Gasteiger partial charge in [0.15, 0.2) is 0 Å². The Balaban J connectivity index is 2.15. The summed E-state index contributed by atoms with van der Waals surface area (Å²) in [5.41, 5.74) is -1.22. The molecule has 1 N–H and O–H groups in total. The Kier molecular flexibility index (Phi) is 11.3. The average molecular weight is 693 g/mol. The molecule has 0 aliphatic carbocycles. The van der Waals surface area contributed by atoms with Gasteiger partial charge in [-0.05, 0) is 62.2 Å². The summed E-state index contributed by atoms with van der Waals surface area (Å²) in [5, 5.41) is 2.99. The Morgan fingerprint density at radius 3 is 2.02 bits per heavy atom. The number of amides is 2. The number of carbonyl (C=O) groups is 2. The molecule has 0 aliphatic heterocycles. The van der Waals surface area contributed by atoms with Crippen LogP contribution >= 0.6 is 34.8 Å². The van der Waals surface area contributed by atoms with E-state index < -0.39 is 57.4 Å². The number of carbonyl (C=O) groups excluding carboxylic acids is 2. The molecule has 3 aromatic carbocycles. The standard InChI is InChI=1S/C30H31Cl3F3N3O4S/c1-29(2,3)37-28(41)26(15-19-8-6-5-7-9-19)38(17-20-10-12-22(31)24(33)14-20)27(40)18-39(44(4,42)43)25-16-21(30(34,35)36)11-13-23(25)32/h5-14,16,26H,15,17-18H2,1-4H3,(H,37,41). The molecule has 0 aromatic heterocycles. The van der Waals surface area contributed by atoms with Crippen molar-refractivity contribution in [1.82, 2.24) is 10.2 Å². The minimum absolute atomic E-state index is 0.0407. The van der Waals surface area contributed by atoms with Crippen LogP contribution in [0.5, 0.6) is 0 Å². The zero-order valence-corrected chi connectivity index (χ0v) is 27.3. The van der Waals surface area contributed by atoms with Crippen molar-refractivity contribution in [1.29, 1.82) is 0 Å². The second-order valence-electron chi connectivity index (χ2n) is 11.1. The maximum Gasteiger partial charge on any atom is 0.416 e. The van der Waals surface area contributed by atoms with Crippen LogP contribution in [0.4, 0.5) is 18.9 Å². The van der Waals surface area contributed by atoms with Gasteiger partial charge in [0.2, 0.25) is 21.8 Å². The first-order chi connectivity index (χ1) is 20.3. The van der Waals surface area contributed by atoms with E-state index >= 15 is 0 Å². The van der Waals surface area contributed by atoms with E-state index in [4.69, 9.17) is 34.8 Å². The monoisotopic (exact) mass is 691 g/mol. The Morgan fingerprint density at radius 1 is 0.864 bits per heavy atom. The molecular weight excluding hydrogens is 662 g/mol. The fourth-order valence-electron chi connectivity index (χ4n) is 4.32. The summed E-state index contributed by atoms with van der Waals surface area (Å²) in [6.45, 7) is 4.12. The number of hydrogen-bond donors (Lipinski definition) is 1. The Hall–Kier alpha value is -2.99. The lowest BCUT2D eigenvalue weighted by Gasteiger charge is -2.35. The molecule has 0 saturated heterocycles. The zero-order chi connectivity index (χ0) is 33.0. The minimum atomic E-state index is -4.81. The lowest BCUT2D eigenvalue weighted by atomic mass is 10.0. The van der Waals surface area contributed by atoms with Crippen molar-refractivity contribution < 1.29 is 31.2 Å². The van der Waals surface area contributed by atoms with Gasteiger partial charge in [0.05, 0.1) is 32.6 Å². The minimum Gasteiger partial charge on any atom is -0.350 e. The predicted octanol–water partition coefficient (Wildman–Crippen LogP) is 6.99. The van der Waals surface area contributed by atoms with E-state index in [0.29, 0.717) is 27.6 Å². The van der Waals surface area contributed by atoms with Gasteiger partial charge in [-0.1, -0.05) is 71.2 Å². The summed E-state index contributed by atoms with van der Waals surface area (Å²) < 4.78 is 67.0. The molecule has 0 saturated carbocycles. The summed E-state index contributed by atoms with van der Waals surface area (Å²) in [4.78, 5) is 29.1. The van der Waals surface area contributed by atoms with Crippen LogP contribution in [0.25, 0.3) is 0 Å². The Morgan fingerprint density at radius 2 is 1.48 bits per heavy atom. The normalized spacial score (nSPS) is 12.9. The molecule has 0 radical (unpaired) electrons. The molecule has 1 atom stereocenters. The predicted molar refractivity (Wildman–Crippen MR) is 167 cm³/mol. The van der Waals surface area contributed by atoms with Crippen LogP contribution in [-0.4, -0.2) is 49.5 Å². The van der Waals surface area contributed by atoms with Gasteiger partial charge in [-0.15, -0.1) is 0 Å². The van der Waals surface area contributed by atoms with E-state index in [1.165, 1.54) is 17.0 Å². The summed E-state index contributed by atoms with van der Waals surface area (Å²) >= 11 is 18.5. The van der Waals surface area contributed by atoms with Crippen LogP contribution in [0, 0.1) is 0 Å². The van der Waals surface area contributed by atoms with Crippen molar-refractivity contribution in [3.63, 3.8) is 0 Å². The number of sulfonamides is 1. The van der Waals surface area contributed by atoms with E-state index in [-0.39, 0.29) is 28.0 Å². The van der Waals surface area contributed by atoms with Crippen LogP contribution in [0.1, 0.15) is 37.5 Å². The van der Waals surface area contributed by atoms with Crippen molar-refractivity contribution in [3.8, 4) is 0 Å². The van der Waals surface area contributed by atoms with E-state index in [1.807, 2.05) is 0 Å². The van der Waals surface area contributed by atoms with Crippen molar-refractivity contribution in [2.24, 2.45) is 0 Å². The SMILES string of the molecule is CC(C)(C)NC(=O)C(Cc1ccccc1)N(Cc1ccc(Cl)c(Cl)c1)C(=O)CN(c1cc(C(F)(F)F)ccc1Cl)S(C)(=O)=O. The average Bonchev–Trinajstić information content (AvgIpc) is 2.90. The van der Waals surface area contributed by atoms with E-state index in [9.17, 15) is 31.2 Å². The van der Waals surface area contributed by atoms with Crippen LogP contribution in [0.3, 0.4) is 0 Å². The molecule has 44 heavy (non-hydrogen) atoms. The van der Waals surface area contributed by atoms with Gasteiger partial charge in [0, 0.05) is 18.5 Å². The van der Waals surface area contributed by atoms with Crippen molar-refractivity contribution in [2.45, 2.75) is 51.5 Å². The molecule has 0 heterocycles. The number of anilines is 1. The molecule has 238 valence electrons. The quantitative estimate of drug-likeness (QED) is 0.248. The number of hydrogen-bond acceptors (Lipinski definition) is 4. The zero-order valence-electron chi connectivity index (χ0n) is 24.3. The van der Waals surface area contributed by atoms with E-state index in [0.717, 1.165) is 12.3 Å². The number of alkyl halides is 3. The summed E-state index contributed by atoms with van der Waals surface area (Å²) in [7, 11) is -4.36. The maximum atomic E-state index is 14.1. The molecule has 7 nitrogen and oxygen atoms in total. The Labute approximate surface area is 269 Å². The van der Waals surface area contributed by atoms with Gasteiger partial charge < -0.3 is 10.2 Å². The molecule has 1 unspecified atom stereocenters. The summed E-state index contributed by atoms with van der Waals surface area (Å²) in [6, 6.07) is 14.5. The van der Waals surface area contributed by atoms with Gasteiger partial charge in [-0.2, -0.15) is 13.2 Å². The third kappa shape index (κ3) is 9.76. The third-order valence-corrected chi connectivity index (χ3v) is 8.51. The summed E-state index contributed by atoms with van der Waals surface area (Å²) in [5.74, 6) is -1.40. The lowest BCUT2D eigenvalue weighted by molar-refractivity contribution is -0.140. The largest absolute Gasteiger partial charge is 0.416 e. The summed E-state index contributed by atoms with van der Waals surface area (Å²) in [6.07, 6.45) is -4.02. The molecule has 0 fully saturated rings. The molecule has 14 heteroatoms. The van der Waals surface area contributed by atoms with Gasteiger partial charge in [0.25, 0.3) is 0 Å². The molecule has 3 rings (SSSR count). The third-order valence-electron chi connectivity index (χ3n) is 6.33. The fourth-order valence-corrected chi connectivity index (χ4v) is 5.76. The number of benzene rings is 3. The molecule has 0 bridgehead atoms. The van der Waals surface area contributed by atoms with Gasteiger partial charge in [-0.3, -0.25) is 13.9 Å². The topological polar surface area (TPSA) is 86.8 Å². The smallest absolute Gasteiger partial charge is 0.350 e. The van der Waals surface area contributed by atoms with Gasteiger partial charge in [-0.25, -0.2) is 8.42 Å². The highest BCUT2D eigenvalue weighted by atomic mass is 35.5. The highest BCUT2D eigenvalue weighted by Gasteiger charge is 2.36. The molecular formula is C30H31Cl3F3N3O4S. The molecule has 2 amide bonds. The fraction of sp³-hybridized carbons (Fsp3) is 0.333. The molecule has 3 aromatic rings. The number of nitrogens with zero attached hydrogens (tertiary/aromatic N) is 2. The Bertz CT molecular complexity index is 1620. The number of halogens is 6. The van der Waals surface area contributed by atoms with Crippen LogP contribution in [-0.2, 0) is 38.8 Å². The van der Waals surface area contributed by atoms with Gasteiger partial charge >= 0.3 is 6.18 Å². The maximum absolute atomic E-state index is 14.1. The number of rotatable bonds is 10. The van der Waals surface area contributed by atoms with E-state index in [2.05, 4.69) is 5.32 Å². The van der Waals surface area contributed by atoms with Crippen molar-refractivity contribution in [3.05, 3.63) is 98.5 Å². The number of nitrogens with one attached hydrogen (secondary N) is 1. The molecule has 0 aliphatic rings. The highest BCUT2D eigenvalue weighted by Crippen LogP contribution is 2.36. The second-order valence-corrected chi connectivity index (χ2v) is 14.3. The van der Waals surface area contributed by atoms with Crippen LogP contribution in [0.2, 0.25) is 15.1 Å². The van der Waals surface area contributed by atoms with Crippen molar-refractivity contribution >= 4 is 62.3 Å². The van der Waals surface area contributed by atoms with E-state index in [1.54, 1.807) is 57.2 Å². The second kappa shape index (κ2) is 14.0. The van der Waals surface area contributed by atoms with Crippen molar-refractivity contribution in [2.75, 3.05) is 17.1 Å². The lowest BCUT2D eigenvalue weighted by Crippen LogP contribution is -2.56. The molecule has 0 spiro atoms. The first kappa shape index (κ1) is 35.5. The highest BCUT2D eigenvalue weighted by molar-refractivity contribution is 7.92.